The van der Waals surface area contributed by atoms with Crippen LogP contribution < -0.4 is 4.90 Å². The van der Waals surface area contributed by atoms with E-state index in [1.54, 1.807) is 0 Å². The zero-order valence-electron chi connectivity index (χ0n) is 29.9. The fraction of sp³-hybridized carbons (Fsp3) is 0. The first kappa shape index (κ1) is 31.2. The molecule has 0 unspecified atom stereocenters. The second-order valence-electron chi connectivity index (χ2n) is 14.1. The smallest absolute Gasteiger partial charge is 0.145 e. The number of fused-ring (bicyclic) bond motifs is 7. The van der Waals surface area contributed by atoms with Crippen LogP contribution in [0.25, 0.3) is 82.5 Å². The summed E-state index contributed by atoms with van der Waals surface area (Å²) in [6.45, 7) is 0. The highest BCUT2D eigenvalue weighted by Gasteiger charge is 2.24. The molecule has 11 aromatic rings. The fourth-order valence-corrected chi connectivity index (χ4v) is 8.58. The third kappa shape index (κ3) is 4.98. The first-order valence-electron chi connectivity index (χ1n) is 18.8. The van der Waals surface area contributed by atoms with E-state index in [2.05, 4.69) is 216 Å². The van der Waals surface area contributed by atoms with Crippen LogP contribution in [0.3, 0.4) is 0 Å². The summed E-state index contributed by atoms with van der Waals surface area (Å²) in [5.41, 5.74) is 12.9. The maximum absolute atomic E-state index is 6.95. The maximum Gasteiger partial charge on any atom is 0.145 e. The summed E-state index contributed by atoms with van der Waals surface area (Å²) in [5, 5.41) is 7.10. The van der Waals surface area contributed by atoms with Crippen molar-refractivity contribution in [2.75, 3.05) is 4.90 Å². The summed E-state index contributed by atoms with van der Waals surface area (Å²) in [7, 11) is 0. The van der Waals surface area contributed by atoms with E-state index in [0.717, 1.165) is 55.8 Å². The molecular weight excluding hydrogens is 669 g/mol. The molecule has 3 nitrogen and oxygen atoms in total. The summed E-state index contributed by atoms with van der Waals surface area (Å²) in [6.07, 6.45) is 0. The molecule has 3 heteroatoms. The standard InChI is InChI=1S/C52H34N2O/c1-2-19-37(20-3-1)53(38-21-14-18-36(34-38)40-27-15-17-35-16-4-5-22-39(35)40)49-33-32-44(52-51(49)45-26-9-13-31-50(45)55-52)43-25-8-12-30-48(43)54-46-28-10-6-23-41(46)42-24-7-11-29-47(42)54/h1-34H. The zero-order valence-corrected chi connectivity index (χ0v) is 29.9. The van der Waals surface area contributed by atoms with Gasteiger partial charge in [0.15, 0.2) is 0 Å². The number of para-hydroxylation sites is 5. The van der Waals surface area contributed by atoms with Crippen molar-refractivity contribution < 1.29 is 4.42 Å². The largest absolute Gasteiger partial charge is 0.455 e. The Kier molecular flexibility index (Phi) is 7.17. The van der Waals surface area contributed by atoms with E-state index in [1.807, 2.05) is 0 Å². The minimum absolute atomic E-state index is 0.859. The Morgan fingerprint density at radius 1 is 0.400 bits per heavy atom. The molecule has 0 aliphatic rings. The number of aromatic nitrogens is 1. The van der Waals surface area contributed by atoms with Gasteiger partial charge >= 0.3 is 0 Å². The molecule has 55 heavy (non-hydrogen) atoms. The van der Waals surface area contributed by atoms with Gasteiger partial charge in [0.2, 0.25) is 0 Å². The molecule has 0 saturated carbocycles. The van der Waals surface area contributed by atoms with Gasteiger partial charge in [0.25, 0.3) is 0 Å². The van der Waals surface area contributed by atoms with Crippen LogP contribution in [0.1, 0.15) is 0 Å². The summed E-state index contributed by atoms with van der Waals surface area (Å²) >= 11 is 0. The van der Waals surface area contributed by atoms with Crippen molar-refractivity contribution in [3.63, 3.8) is 0 Å². The lowest BCUT2D eigenvalue weighted by molar-refractivity contribution is 0.670. The molecule has 258 valence electrons. The minimum atomic E-state index is 0.859. The number of benzene rings is 9. The van der Waals surface area contributed by atoms with Crippen molar-refractivity contribution in [1.29, 1.82) is 0 Å². The second-order valence-corrected chi connectivity index (χ2v) is 14.1. The molecule has 0 saturated heterocycles. The van der Waals surface area contributed by atoms with Gasteiger partial charge in [0.1, 0.15) is 11.2 Å². The number of rotatable bonds is 6. The van der Waals surface area contributed by atoms with E-state index in [-0.39, 0.29) is 0 Å². The van der Waals surface area contributed by atoms with E-state index < -0.39 is 0 Å². The lowest BCUT2D eigenvalue weighted by Crippen LogP contribution is -2.10. The van der Waals surface area contributed by atoms with Gasteiger partial charge in [-0.1, -0.05) is 146 Å². The number of furan rings is 1. The molecule has 11 rings (SSSR count). The second kappa shape index (κ2) is 12.6. The Bertz CT molecular complexity index is 3170. The van der Waals surface area contributed by atoms with Gasteiger partial charge in [-0.3, -0.25) is 0 Å². The molecule has 2 aromatic heterocycles. The van der Waals surface area contributed by atoms with Crippen LogP contribution in [0.4, 0.5) is 17.1 Å². The maximum atomic E-state index is 6.95. The molecule has 0 amide bonds. The number of hydrogen-bond donors (Lipinski definition) is 0. The van der Waals surface area contributed by atoms with Crippen molar-refractivity contribution in [3.8, 4) is 27.9 Å². The van der Waals surface area contributed by atoms with Crippen LogP contribution in [0.2, 0.25) is 0 Å². The Morgan fingerprint density at radius 3 is 1.82 bits per heavy atom. The molecular formula is C52H34N2O. The van der Waals surface area contributed by atoms with E-state index in [0.29, 0.717) is 0 Å². The highest BCUT2D eigenvalue weighted by atomic mass is 16.3. The van der Waals surface area contributed by atoms with Crippen LogP contribution in [0, 0.1) is 0 Å². The van der Waals surface area contributed by atoms with Crippen LogP contribution in [0.5, 0.6) is 0 Å². The van der Waals surface area contributed by atoms with Gasteiger partial charge in [-0.15, -0.1) is 0 Å². The average molecular weight is 703 g/mol. The van der Waals surface area contributed by atoms with Crippen molar-refractivity contribution in [2.45, 2.75) is 0 Å². The first-order valence-corrected chi connectivity index (χ1v) is 18.8. The molecule has 0 aliphatic heterocycles. The summed E-state index contributed by atoms with van der Waals surface area (Å²) in [5.74, 6) is 0. The first-order chi connectivity index (χ1) is 27.3. The molecule has 0 aliphatic carbocycles. The predicted octanol–water partition coefficient (Wildman–Crippen LogP) is 14.6. The van der Waals surface area contributed by atoms with Gasteiger partial charge in [0.05, 0.1) is 27.8 Å². The topological polar surface area (TPSA) is 21.3 Å². The lowest BCUT2D eigenvalue weighted by Gasteiger charge is -2.27. The molecule has 0 N–H and O–H groups in total. The zero-order chi connectivity index (χ0) is 36.3. The number of nitrogens with zero attached hydrogens (tertiary/aromatic N) is 2. The molecule has 0 bridgehead atoms. The van der Waals surface area contributed by atoms with E-state index in [9.17, 15) is 0 Å². The highest BCUT2D eigenvalue weighted by molar-refractivity contribution is 6.18. The lowest BCUT2D eigenvalue weighted by atomic mass is 9.96. The van der Waals surface area contributed by atoms with Gasteiger partial charge in [-0.2, -0.15) is 0 Å². The predicted molar refractivity (Wildman–Crippen MR) is 231 cm³/mol. The van der Waals surface area contributed by atoms with Gasteiger partial charge in [0, 0.05) is 38.7 Å². The number of hydrogen-bond acceptors (Lipinski definition) is 2. The Hall–Kier alpha value is -7.36. The molecule has 0 spiro atoms. The minimum Gasteiger partial charge on any atom is -0.455 e. The molecule has 2 heterocycles. The number of anilines is 3. The SMILES string of the molecule is c1ccc(N(c2cccc(-c3cccc4ccccc34)c2)c2ccc(-c3ccccc3-n3c4ccccc4c4ccccc43)c3oc4ccccc4c23)cc1. The normalized spacial score (nSPS) is 11.6. The summed E-state index contributed by atoms with van der Waals surface area (Å²) in [6, 6.07) is 73.8. The van der Waals surface area contributed by atoms with E-state index in [1.165, 1.54) is 43.7 Å². The third-order valence-electron chi connectivity index (χ3n) is 11.0. The van der Waals surface area contributed by atoms with E-state index >= 15 is 0 Å². The molecule has 0 atom stereocenters. The quantitative estimate of drug-likeness (QED) is 0.172. The van der Waals surface area contributed by atoms with Crippen LogP contribution in [-0.4, -0.2) is 4.57 Å². The van der Waals surface area contributed by atoms with Crippen molar-refractivity contribution in [3.05, 3.63) is 206 Å². The average Bonchev–Trinajstić information content (AvgIpc) is 3.81. The Morgan fingerprint density at radius 2 is 1.00 bits per heavy atom. The van der Waals surface area contributed by atoms with E-state index in [4.69, 9.17) is 4.42 Å². The fourth-order valence-electron chi connectivity index (χ4n) is 8.58. The van der Waals surface area contributed by atoms with Gasteiger partial charge in [-0.25, -0.2) is 0 Å². The Labute approximate surface area is 318 Å². The third-order valence-corrected chi connectivity index (χ3v) is 11.0. The van der Waals surface area contributed by atoms with Crippen LogP contribution in [0.15, 0.2) is 211 Å². The van der Waals surface area contributed by atoms with Crippen molar-refractivity contribution in [2.24, 2.45) is 0 Å². The monoisotopic (exact) mass is 702 g/mol. The van der Waals surface area contributed by atoms with Crippen molar-refractivity contribution >= 4 is 71.6 Å². The van der Waals surface area contributed by atoms with Gasteiger partial charge < -0.3 is 13.9 Å². The van der Waals surface area contributed by atoms with Gasteiger partial charge in [-0.05, 0) is 82.6 Å². The molecule has 0 fully saturated rings. The van der Waals surface area contributed by atoms with Crippen LogP contribution >= 0.6 is 0 Å². The Balaban J connectivity index is 1.17. The molecule has 9 aromatic carbocycles. The highest BCUT2D eigenvalue weighted by Crippen LogP contribution is 2.48. The summed E-state index contributed by atoms with van der Waals surface area (Å²) < 4.78 is 9.35. The molecule has 0 radical (unpaired) electrons. The summed E-state index contributed by atoms with van der Waals surface area (Å²) in [4.78, 5) is 2.38. The van der Waals surface area contributed by atoms with Crippen molar-refractivity contribution in [1.82, 2.24) is 4.57 Å². The van der Waals surface area contributed by atoms with Crippen LogP contribution in [-0.2, 0) is 0 Å².